The Kier molecular flexibility index (Phi) is 5.11. The van der Waals surface area contributed by atoms with Gasteiger partial charge in [-0.05, 0) is 24.6 Å². The Morgan fingerprint density at radius 2 is 2.08 bits per heavy atom. The molecule has 25 heavy (non-hydrogen) atoms. The monoisotopic (exact) mass is 357 g/mol. The molecule has 3 rings (SSSR count). The summed E-state index contributed by atoms with van der Waals surface area (Å²) in [6.45, 7) is 2.33. The van der Waals surface area contributed by atoms with Crippen LogP contribution in [-0.4, -0.2) is 35.8 Å². The molecule has 0 aliphatic carbocycles. The Labute approximate surface area is 149 Å². The molecular formula is C17H19N5O2S. The van der Waals surface area contributed by atoms with Crippen LogP contribution in [0.3, 0.4) is 0 Å². The number of hydrogen-bond acceptors (Lipinski definition) is 6. The molecule has 130 valence electrons. The van der Waals surface area contributed by atoms with Gasteiger partial charge in [-0.2, -0.15) is 0 Å². The van der Waals surface area contributed by atoms with Gasteiger partial charge in [-0.25, -0.2) is 14.8 Å². The summed E-state index contributed by atoms with van der Waals surface area (Å²) in [6.07, 6.45) is 1.47. The number of nitrogens with one attached hydrogen (secondary N) is 2. The molecule has 3 aromatic rings. The fraction of sp³-hybridized carbons (Fsp3) is 0.235. The molecule has 2 amide bonds. The molecule has 1 aromatic carbocycles. The number of nitrogens with zero attached hydrogens (tertiary/aromatic N) is 2. The third-order valence-corrected chi connectivity index (χ3v) is 4.53. The normalized spacial score (nSPS) is 12.1. The van der Waals surface area contributed by atoms with E-state index in [9.17, 15) is 4.79 Å². The fourth-order valence-electron chi connectivity index (χ4n) is 2.53. The van der Waals surface area contributed by atoms with Crippen molar-refractivity contribution >= 4 is 39.1 Å². The number of nitrogen functional groups attached to an aromatic ring is 1. The van der Waals surface area contributed by atoms with Gasteiger partial charge in [0.2, 0.25) is 0 Å². The van der Waals surface area contributed by atoms with Crippen LogP contribution in [0.5, 0.6) is 0 Å². The molecule has 4 N–H and O–H groups in total. The molecule has 8 heteroatoms. The maximum atomic E-state index is 11.9. The molecule has 1 unspecified atom stereocenters. The molecule has 0 bridgehead atoms. The van der Waals surface area contributed by atoms with Crippen molar-refractivity contribution in [3.63, 3.8) is 0 Å². The van der Waals surface area contributed by atoms with Gasteiger partial charge in [-0.3, -0.25) is 0 Å². The lowest BCUT2D eigenvalue weighted by Gasteiger charge is -2.13. The molecule has 0 spiro atoms. The first-order chi connectivity index (χ1) is 12.1. The van der Waals surface area contributed by atoms with Gasteiger partial charge in [0.1, 0.15) is 17.0 Å². The maximum absolute atomic E-state index is 11.9. The van der Waals surface area contributed by atoms with Gasteiger partial charge in [0.25, 0.3) is 0 Å². The molecule has 0 saturated carbocycles. The molecule has 2 aromatic heterocycles. The number of carbonyl (C=O) groups excluding carboxylic acids is 1. The molecule has 0 radical (unpaired) electrons. The summed E-state index contributed by atoms with van der Waals surface area (Å²) in [5.41, 5.74) is 8.67. The van der Waals surface area contributed by atoms with Crippen molar-refractivity contribution in [2.45, 2.75) is 13.0 Å². The van der Waals surface area contributed by atoms with Crippen molar-refractivity contribution in [2.75, 3.05) is 24.8 Å². The SMILES string of the molecule is COCC(C)NC(=O)Nc1ccc(-c2csc3ncnc(N)c23)cc1. The smallest absolute Gasteiger partial charge is 0.319 e. The number of fused-ring (bicyclic) bond motifs is 1. The predicted molar refractivity (Wildman–Crippen MR) is 101 cm³/mol. The Bertz CT molecular complexity index is 878. The minimum Gasteiger partial charge on any atom is -0.383 e. The zero-order chi connectivity index (χ0) is 17.8. The minimum absolute atomic E-state index is 0.0654. The summed E-state index contributed by atoms with van der Waals surface area (Å²) in [7, 11) is 1.60. The van der Waals surface area contributed by atoms with E-state index in [1.807, 2.05) is 36.6 Å². The molecule has 7 nitrogen and oxygen atoms in total. The Hall–Kier alpha value is -2.71. The van der Waals surface area contributed by atoms with E-state index in [1.165, 1.54) is 17.7 Å². The number of anilines is 2. The fourth-order valence-corrected chi connectivity index (χ4v) is 3.45. The van der Waals surface area contributed by atoms with E-state index in [1.54, 1.807) is 7.11 Å². The van der Waals surface area contributed by atoms with E-state index in [0.29, 0.717) is 18.1 Å². The molecule has 0 fully saturated rings. The van der Waals surface area contributed by atoms with E-state index < -0.39 is 0 Å². The second-order valence-electron chi connectivity index (χ2n) is 5.62. The first kappa shape index (κ1) is 17.1. The number of hydrogen-bond donors (Lipinski definition) is 3. The van der Waals surface area contributed by atoms with Crippen molar-refractivity contribution in [2.24, 2.45) is 0 Å². The largest absolute Gasteiger partial charge is 0.383 e. The standard InChI is InChI=1S/C17H19N5O2S/c1-10(7-24-2)21-17(23)22-12-5-3-11(4-6-12)13-8-25-16-14(13)15(18)19-9-20-16/h3-6,8-10H,7H2,1-2H3,(H2,18,19,20)(H2,21,22,23). The van der Waals surface area contributed by atoms with Gasteiger partial charge >= 0.3 is 6.03 Å². The summed E-state index contributed by atoms with van der Waals surface area (Å²) in [5, 5.41) is 8.47. The first-order valence-electron chi connectivity index (χ1n) is 7.73. The van der Waals surface area contributed by atoms with Crippen LogP contribution in [0, 0.1) is 0 Å². The maximum Gasteiger partial charge on any atom is 0.319 e. The van der Waals surface area contributed by atoms with Crippen molar-refractivity contribution < 1.29 is 9.53 Å². The van der Waals surface area contributed by atoms with Gasteiger partial charge < -0.3 is 21.1 Å². The highest BCUT2D eigenvalue weighted by Crippen LogP contribution is 2.35. The van der Waals surface area contributed by atoms with Gasteiger partial charge in [-0.15, -0.1) is 11.3 Å². The number of methoxy groups -OCH3 is 1. The third kappa shape index (κ3) is 3.86. The lowest BCUT2D eigenvalue weighted by atomic mass is 10.1. The number of thiophene rings is 1. The number of amides is 2. The van der Waals surface area contributed by atoms with Crippen molar-refractivity contribution in [1.82, 2.24) is 15.3 Å². The average Bonchev–Trinajstić information content (AvgIpc) is 3.01. The summed E-state index contributed by atoms with van der Waals surface area (Å²) >= 11 is 1.53. The third-order valence-electron chi connectivity index (χ3n) is 3.65. The zero-order valence-electron chi connectivity index (χ0n) is 13.9. The number of rotatable bonds is 5. The van der Waals surface area contributed by atoms with Crippen LogP contribution < -0.4 is 16.4 Å². The number of nitrogens with two attached hydrogens (primary N) is 1. The van der Waals surface area contributed by atoms with E-state index in [-0.39, 0.29) is 12.1 Å². The van der Waals surface area contributed by atoms with Crippen LogP contribution in [0.4, 0.5) is 16.3 Å². The molecule has 1 atom stereocenters. The van der Waals surface area contributed by atoms with Gasteiger partial charge in [0.05, 0.1) is 18.0 Å². The first-order valence-corrected chi connectivity index (χ1v) is 8.61. The van der Waals surface area contributed by atoms with Crippen molar-refractivity contribution in [1.29, 1.82) is 0 Å². The highest BCUT2D eigenvalue weighted by Gasteiger charge is 2.12. The second-order valence-corrected chi connectivity index (χ2v) is 6.48. The van der Waals surface area contributed by atoms with E-state index in [4.69, 9.17) is 10.5 Å². The topological polar surface area (TPSA) is 102 Å². The number of urea groups is 1. The van der Waals surface area contributed by atoms with Crippen LogP contribution in [0.2, 0.25) is 0 Å². The summed E-state index contributed by atoms with van der Waals surface area (Å²) in [5.74, 6) is 0.468. The number of aromatic nitrogens is 2. The van der Waals surface area contributed by atoms with Gasteiger partial charge in [0, 0.05) is 23.7 Å². The second kappa shape index (κ2) is 7.45. The van der Waals surface area contributed by atoms with Crippen LogP contribution in [0.25, 0.3) is 21.3 Å². The highest BCUT2D eigenvalue weighted by atomic mass is 32.1. The molecular weight excluding hydrogens is 338 g/mol. The quantitative estimate of drug-likeness (QED) is 0.651. The van der Waals surface area contributed by atoms with Crippen molar-refractivity contribution in [3.8, 4) is 11.1 Å². The van der Waals surface area contributed by atoms with Crippen LogP contribution in [0.15, 0.2) is 36.0 Å². The Morgan fingerprint density at radius 3 is 2.80 bits per heavy atom. The van der Waals surface area contributed by atoms with E-state index in [0.717, 1.165) is 21.3 Å². The minimum atomic E-state index is -0.268. The lowest BCUT2D eigenvalue weighted by molar-refractivity contribution is 0.173. The molecule has 2 heterocycles. The van der Waals surface area contributed by atoms with E-state index >= 15 is 0 Å². The predicted octanol–water partition coefficient (Wildman–Crippen LogP) is 3.10. The Morgan fingerprint density at radius 1 is 1.32 bits per heavy atom. The van der Waals surface area contributed by atoms with Gasteiger partial charge in [-0.1, -0.05) is 12.1 Å². The number of ether oxygens (including phenoxy) is 1. The zero-order valence-corrected chi connectivity index (χ0v) is 14.8. The van der Waals surface area contributed by atoms with Crippen LogP contribution in [-0.2, 0) is 4.74 Å². The van der Waals surface area contributed by atoms with Crippen molar-refractivity contribution in [3.05, 3.63) is 36.0 Å². The van der Waals surface area contributed by atoms with Crippen LogP contribution >= 0.6 is 11.3 Å². The van der Waals surface area contributed by atoms with E-state index in [2.05, 4.69) is 20.6 Å². The molecule has 0 aliphatic rings. The Balaban J connectivity index is 1.75. The highest BCUT2D eigenvalue weighted by molar-refractivity contribution is 7.17. The lowest BCUT2D eigenvalue weighted by Crippen LogP contribution is -2.38. The summed E-state index contributed by atoms with van der Waals surface area (Å²) in [4.78, 5) is 21.1. The molecule has 0 saturated heterocycles. The van der Waals surface area contributed by atoms with Gasteiger partial charge in [0.15, 0.2) is 0 Å². The number of carbonyl (C=O) groups is 1. The van der Waals surface area contributed by atoms with Crippen LogP contribution in [0.1, 0.15) is 6.92 Å². The average molecular weight is 357 g/mol. The summed E-state index contributed by atoms with van der Waals surface area (Å²) < 4.78 is 4.99. The number of benzene rings is 1. The molecule has 0 aliphatic heterocycles. The summed E-state index contributed by atoms with van der Waals surface area (Å²) in [6, 6.07) is 7.23.